The zero-order valence-corrected chi connectivity index (χ0v) is 14.8. The fourth-order valence-corrected chi connectivity index (χ4v) is 4.39. The first kappa shape index (κ1) is 18.2. The number of aryl methyl sites for hydroxylation is 2. The van der Waals surface area contributed by atoms with Crippen molar-refractivity contribution in [3.05, 3.63) is 31.3 Å². The van der Waals surface area contributed by atoms with E-state index in [1.165, 1.54) is 0 Å². The van der Waals surface area contributed by atoms with Gasteiger partial charge in [-0.25, -0.2) is 4.79 Å². The third kappa shape index (κ3) is 3.03. The molecule has 138 valence electrons. The van der Waals surface area contributed by atoms with Crippen LogP contribution < -0.4 is 11.2 Å². The number of nitrogens with zero attached hydrogens (tertiary/aromatic N) is 2. The van der Waals surface area contributed by atoms with Crippen molar-refractivity contribution in [2.24, 2.45) is 0 Å². The predicted octanol–water partition coefficient (Wildman–Crippen LogP) is 2.74. The number of halogens is 3. The Balaban J connectivity index is 2.34. The number of alkyl halides is 3. The molecule has 25 heavy (non-hydrogen) atoms. The second-order valence-electron chi connectivity index (χ2n) is 6.63. The van der Waals surface area contributed by atoms with Crippen LogP contribution in [0.25, 0.3) is 10.2 Å². The summed E-state index contributed by atoms with van der Waals surface area (Å²) in [5, 5.41) is 9.81. The first-order valence-corrected chi connectivity index (χ1v) is 8.93. The fraction of sp³-hybridized carbons (Fsp3) is 0.625. The number of thiophene rings is 1. The van der Waals surface area contributed by atoms with Crippen molar-refractivity contribution < 1.29 is 18.3 Å². The van der Waals surface area contributed by atoms with Gasteiger partial charge in [0.25, 0.3) is 5.56 Å². The Labute approximate surface area is 145 Å². The maximum Gasteiger partial charge on any atom is 0.390 e. The molecule has 2 heterocycles. The van der Waals surface area contributed by atoms with E-state index in [-0.39, 0.29) is 16.8 Å². The van der Waals surface area contributed by atoms with Gasteiger partial charge in [0.05, 0.1) is 24.0 Å². The van der Waals surface area contributed by atoms with Crippen LogP contribution in [0.1, 0.15) is 43.6 Å². The Hall–Kier alpha value is -1.61. The molecular formula is C16H19F3N2O3S. The summed E-state index contributed by atoms with van der Waals surface area (Å²) >= 11 is 1.03. The summed E-state index contributed by atoms with van der Waals surface area (Å²) in [4.78, 5) is 26.5. The standard InChI is InChI=1S/C16H19F3N2O3S/c1-3-9-10(8-22)25-13-11(9)12(23)21(15(2)4-5-15)14(24)20(13)7-6-16(17,18)19/h22H,3-8H2,1-2H3. The molecule has 1 fully saturated rings. The number of aliphatic hydroxyl groups excluding tert-OH is 1. The van der Waals surface area contributed by atoms with E-state index in [4.69, 9.17) is 0 Å². The highest BCUT2D eigenvalue weighted by Crippen LogP contribution is 2.41. The molecule has 1 saturated carbocycles. The van der Waals surface area contributed by atoms with Gasteiger partial charge in [-0.05, 0) is 31.7 Å². The average Bonchev–Trinajstić information content (AvgIpc) is 3.13. The van der Waals surface area contributed by atoms with Crippen molar-refractivity contribution >= 4 is 21.6 Å². The Morgan fingerprint density at radius 1 is 1.28 bits per heavy atom. The molecule has 0 aliphatic heterocycles. The first-order valence-electron chi connectivity index (χ1n) is 8.11. The number of hydrogen-bond donors (Lipinski definition) is 1. The smallest absolute Gasteiger partial charge is 0.390 e. The zero-order chi connectivity index (χ0) is 18.6. The minimum atomic E-state index is -4.40. The molecule has 0 bridgehead atoms. The molecule has 0 spiro atoms. The lowest BCUT2D eigenvalue weighted by atomic mass is 10.1. The molecule has 5 nitrogen and oxygen atoms in total. The Bertz CT molecular complexity index is 935. The van der Waals surface area contributed by atoms with E-state index in [0.29, 0.717) is 29.7 Å². The SMILES string of the molecule is CCc1c(CO)sc2c1c(=O)n(C1(C)CC1)c(=O)n2CCC(F)(F)F. The molecule has 0 saturated heterocycles. The van der Waals surface area contributed by atoms with Crippen LogP contribution in [0.3, 0.4) is 0 Å². The van der Waals surface area contributed by atoms with Crippen LogP contribution in [0, 0.1) is 0 Å². The van der Waals surface area contributed by atoms with E-state index in [0.717, 1.165) is 20.5 Å². The molecule has 1 N–H and O–H groups in total. The molecule has 3 rings (SSSR count). The Morgan fingerprint density at radius 3 is 2.40 bits per heavy atom. The van der Waals surface area contributed by atoms with Gasteiger partial charge in [0.15, 0.2) is 0 Å². The van der Waals surface area contributed by atoms with Gasteiger partial charge in [-0.2, -0.15) is 13.2 Å². The molecule has 0 amide bonds. The molecule has 1 aliphatic carbocycles. The quantitative estimate of drug-likeness (QED) is 0.873. The fourth-order valence-electron chi connectivity index (χ4n) is 3.13. The molecular weight excluding hydrogens is 357 g/mol. The summed E-state index contributed by atoms with van der Waals surface area (Å²) in [5.41, 5.74) is -1.17. The topological polar surface area (TPSA) is 64.2 Å². The normalized spacial score (nSPS) is 16.6. The molecule has 0 radical (unpaired) electrons. The van der Waals surface area contributed by atoms with Gasteiger partial charge in [-0.15, -0.1) is 11.3 Å². The molecule has 0 aromatic carbocycles. The van der Waals surface area contributed by atoms with Crippen LogP contribution in [0.4, 0.5) is 13.2 Å². The van der Waals surface area contributed by atoms with E-state index in [9.17, 15) is 27.9 Å². The van der Waals surface area contributed by atoms with Crippen molar-refractivity contribution in [2.45, 2.75) is 64.4 Å². The van der Waals surface area contributed by atoms with Gasteiger partial charge < -0.3 is 5.11 Å². The maximum absolute atomic E-state index is 13.0. The summed E-state index contributed by atoms with van der Waals surface area (Å²) in [6.45, 7) is 2.73. The third-order valence-electron chi connectivity index (χ3n) is 4.79. The van der Waals surface area contributed by atoms with Crippen LogP contribution in [-0.4, -0.2) is 20.4 Å². The molecule has 0 unspecified atom stereocenters. The number of aromatic nitrogens is 2. The largest absolute Gasteiger partial charge is 0.391 e. The van der Waals surface area contributed by atoms with Gasteiger partial charge in [-0.3, -0.25) is 13.9 Å². The van der Waals surface area contributed by atoms with Crippen LogP contribution in [0.15, 0.2) is 9.59 Å². The Kier molecular flexibility index (Phi) is 4.35. The summed E-state index contributed by atoms with van der Waals surface area (Å²) in [6.07, 6.45) is -3.80. The first-order chi connectivity index (χ1) is 11.6. The summed E-state index contributed by atoms with van der Waals surface area (Å²) in [5.74, 6) is 0. The van der Waals surface area contributed by atoms with Gasteiger partial charge in [0.1, 0.15) is 4.83 Å². The van der Waals surface area contributed by atoms with E-state index in [1.807, 2.05) is 6.92 Å². The van der Waals surface area contributed by atoms with Crippen molar-refractivity contribution in [1.82, 2.24) is 9.13 Å². The van der Waals surface area contributed by atoms with E-state index >= 15 is 0 Å². The molecule has 2 aromatic rings. The number of rotatable bonds is 5. The predicted molar refractivity (Wildman–Crippen MR) is 89.2 cm³/mol. The van der Waals surface area contributed by atoms with Gasteiger partial charge >= 0.3 is 11.9 Å². The van der Waals surface area contributed by atoms with Crippen LogP contribution >= 0.6 is 11.3 Å². The number of aliphatic hydroxyl groups is 1. The Morgan fingerprint density at radius 2 is 1.92 bits per heavy atom. The van der Waals surface area contributed by atoms with Gasteiger partial charge in [-0.1, -0.05) is 6.92 Å². The summed E-state index contributed by atoms with van der Waals surface area (Å²) < 4.78 is 40.2. The minimum Gasteiger partial charge on any atom is -0.391 e. The molecule has 0 atom stereocenters. The lowest BCUT2D eigenvalue weighted by Gasteiger charge is -2.17. The van der Waals surface area contributed by atoms with Crippen molar-refractivity contribution in [3.63, 3.8) is 0 Å². The highest BCUT2D eigenvalue weighted by Gasteiger charge is 2.43. The highest BCUT2D eigenvalue weighted by atomic mass is 32.1. The average molecular weight is 376 g/mol. The minimum absolute atomic E-state index is 0.223. The third-order valence-corrected chi connectivity index (χ3v) is 6.03. The van der Waals surface area contributed by atoms with E-state index in [2.05, 4.69) is 0 Å². The van der Waals surface area contributed by atoms with Gasteiger partial charge in [0, 0.05) is 11.4 Å². The van der Waals surface area contributed by atoms with Crippen LogP contribution in [0.2, 0.25) is 0 Å². The van der Waals surface area contributed by atoms with Crippen molar-refractivity contribution in [3.8, 4) is 0 Å². The lowest BCUT2D eigenvalue weighted by Crippen LogP contribution is -2.45. The monoisotopic (exact) mass is 376 g/mol. The van der Waals surface area contributed by atoms with Crippen molar-refractivity contribution in [2.75, 3.05) is 0 Å². The van der Waals surface area contributed by atoms with E-state index < -0.39 is 35.9 Å². The maximum atomic E-state index is 13.0. The van der Waals surface area contributed by atoms with Gasteiger partial charge in [0.2, 0.25) is 0 Å². The second kappa shape index (κ2) is 5.98. The van der Waals surface area contributed by atoms with Crippen LogP contribution in [-0.2, 0) is 25.1 Å². The number of hydrogen-bond acceptors (Lipinski definition) is 4. The van der Waals surface area contributed by atoms with Crippen LogP contribution in [0.5, 0.6) is 0 Å². The summed E-state index contributed by atoms with van der Waals surface area (Å²) in [6, 6.07) is 0. The van der Waals surface area contributed by atoms with Crippen molar-refractivity contribution in [1.29, 1.82) is 0 Å². The highest BCUT2D eigenvalue weighted by molar-refractivity contribution is 7.18. The molecule has 1 aliphatic rings. The zero-order valence-electron chi connectivity index (χ0n) is 13.9. The number of fused-ring (bicyclic) bond motifs is 1. The van der Waals surface area contributed by atoms with E-state index in [1.54, 1.807) is 6.92 Å². The lowest BCUT2D eigenvalue weighted by molar-refractivity contribution is -0.136. The summed E-state index contributed by atoms with van der Waals surface area (Å²) in [7, 11) is 0. The molecule has 9 heteroatoms. The second-order valence-corrected chi connectivity index (χ2v) is 7.72. The molecule has 2 aromatic heterocycles.